The zero-order chi connectivity index (χ0) is 18.5. The Kier molecular flexibility index (Phi) is 5.89. The van der Waals surface area contributed by atoms with Gasteiger partial charge in [0.25, 0.3) is 0 Å². The fourth-order valence-electron chi connectivity index (χ4n) is 3.10. The largest absolute Gasteiger partial charge is 0.342 e. The quantitative estimate of drug-likeness (QED) is 0.882. The van der Waals surface area contributed by atoms with Gasteiger partial charge in [-0.2, -0.15) is 0 Å². The summed E-state index contributed by atoms with van der Waals surface area (Å²) in [5, 5.41) is 3.35. The molecule has 1 saturated heterocycles. The van der Waals surface area contributed by atoms with Gasteiger partial charge in [0, 0.05) is 19.0 Å². The van der Waals surface area contributed by atoms with Crippen LogP contribution in [0.3, 0.4) is 0 Å². The van der Waals surface area contributed by atoms with Crippen LogP contribution < -0.4 is 5.32 Å². The predicted octanol–water partition coefficient (Wildman–Crippen LogP) is 3.90. The summed E-state index contributed by atoms with van der Waals surface area (Å²) in [6.07, 6.45) is 1.21. The molecule has 26 heavy (non-hydrogen) atoms. The standard InChI is InChI=1S/C20H20ClFN2O2/c21-16-6-2-4-8-18(16)23-20(26)14-9-11-24(12-10-14)19(25)13-15-5-1-3-7-17(15)22/h1-8,14H,9-13H2,(H,23,26). The first-order valence-electron chi connectivity index (χ1n) is 8.61. The summed E-state index contributed by atoms with van der Waals surface area (Å²) < 4.78 is 13.7. The van der Waals surface area contributed by atoms with Crippen molar-refractivity contribution < 1.29 is 14.0 Å². The maximum absolute atomic E-state index is 13.7. The number of carbonyl (C=O) groups is 2. The van der Waals surface area contributed by atoms with Crippen molar-refractivity contribution in [2.24, 2.45) is 5.92 Å². The molecule has 0 spiro atoms. The van der Waals surface area contributed by atoms with Crippen LogP contribution in [0.5, 0.6) is 0 Å². The molecule has 4 nitrogen and oxygen atoms in total. The molecule has 0 aliphatic carbocycles. The first kappa shape index (κ1) is 18.4. The number of hydrogen-bond acceptors (Lipinski definition) is 2. The Morgan fingerprint density at radius 3 is 2.42 bits per heavy atom. The van der Waals surface area contributed by atoms with Gasteiger partial charge in [-0.3, -0.25) is 9.59 Å². The van der Waals surface area contributed by atoms with Crippen molar-refractivity contribution in [2.45, 2.75) is 19.3 Å². The summed E-state index contributed by atoms with van der Waals surface area (Å²) in [4.78, 5) is 26.5. The third-order valence-corrected chi connectivity index (χ3v) is 4.98. The van der Waals surface area contributed by atoms with Crippen molar-refractivity contribution in [3.05, 3.63) is 64.9 Å². The molecular formula is C20H20ClFN2O2. The van der Waals surface area contributed by atoms with E-state index >= 15 is 0 Å². The summed E-state index contributed by atoms with van der Waals surface area (Å²) in [5.41, 5.74) is 0.994. The number of para-hydroxylation sites is 1. The summed E-state index contributed by atoms with van der Waals surface area (Å²) in [6.45, 7) is 0.988. The molecular weight excluding hydrogens is 355 g/mol. The summed E-state index contributed by atoms with van der Waals surface area (Å²) in [7, 11) is 0. The molecule has 0 bridgehead atoms. The average molecular weight is 375 g/mol. The maximum atomic E-state index is 13.7. The molecule has 0 aromatic heterocycles. The summed E-state index contributed by atoms with van der Waals surface area (Å²) in [6, 6.07) is 13.4. The van der Waals surface area contributed by atoms with Gasteiger partial charge in [0.05, 0.1) is 17.1 Å². The van der Waals surface area contributed by atoms with Crippen LogP contribution in [0.1, 0.15) is 18.4 Å². The number of anilines is 1. The fraction of sp³-hybridized carbons (Fsp3) is 0.300. The number of likely N-dealkylation sites (tertiary alicyclic amines) is 1. The van der Waals surface area contributed by atoms with Crippen LogP contribution in [0, 0.1) is 11.7 Å². The van der Waals surface area contributed by atoms with Crippen molar-refractivity contribution in [3.63, 3.8) is 0 Å². The van der Waals surface area contributed by atoms with Crippen LogP contribution in [0.2, 0.25) is 5.02 Å². The normalized spacial score (nSPS) is 14.9. The fourth-order valence-corrected chi connectivity index (χ4v) is 3.29. The van der Waals surface area contributed by atoms with Gasteiger partial charge in [0.1, 0.15) is 5.82 Å². The highest BCUT2D eigenvalue weighted by Crippen LogP contribution is 2.24. The van der Waals surface area contributed by atoms with Gasteiger partial charge in [-0.15, -0.1) is 0 Å². The topological polar surface area (TPSA) is 49.4 Å². The third kappa shape index (κ3) is 4.41. The highest BCUT2D eigenvalue weighted by atomic mass is 35.5. The van der Waals surface area contributed by atoms with Crippen molar-refractivity contribution in [1.29, 1.82) is 0 Å². The molecule has 2 amide bonds. The van der Waals surface area contributed by atoms with E-state index in [1.807, 2.05) is 6.07 Å². The Bertz CT molecular complexity index is 736. The van der Waals surface area contributed by atoms with Gasteiger partial charge in [0.15, 0.2) is 0 Å². The number of carbonyl (C=O) groups excluding carboxylic acids is 2. The van der Waals surface area contributed by atoms with Gasteiger partial charge in [0.2, 0.25) is 11.8 Å². The molecule has 136 valence electrons. The Balaban J connectivity index is 1.52. The lowest BCUT2D eigenvalue weighted by Crippen LogP contribution is -2.42. The number of amides is 2. The van der Waals surface area contributed by atoms with Gasteiger partial charge in [-0.25, -0.2) is 4.39 Å². The molecule has 1 N–H and O–H groups in total. The Morgan fingerprint density at radius 1 is 1.08 bits per heavy atom. The number of halogens is 2. The maximum Gasteiger partial charge on any atom is 0.227 e. The molecule has 1 aliphatic rings. The number of hydrogen-bond donors (Lipinski definition) is 1. The lowest BCUT2D eigenvalue weighted by molar-refractivity contribution is -0.133. The Labute approximate surface area is 157 Å². The molecule has 6 heteroatoms. The van der Waals surface area contributed by atoms with Crippen molar-refractivity contribution >= 4 is 29.1 Å². The van der Waals surface area contributed by atoms with E-state index in [0.29, 0.717) is 42.2 Å². The van der Waals surface area contributed by atoms with Crippen LogP contribution in [0.4, 0.5) is 10.1 Å². The minimum Gasteiger partial charge on any atom is -0.342 e. The van der Waals surface area contributed by atoms with Gasteiger partial charge >= 0.3 is 0 Å². The van der Waals surface area contributed by atoms with E-state index in [9.17, 15) is 14.0 Å². The predicted molar refractivity (Wildman–Crippen MR) is 99.5 cm³/mol. The van der Waals surface area contributed by atoms with Crippen LogP contribution in [0.25, 0.3) is 0 Å². The lowest BCUT2D eigenvalue weighted by Gasteiger charge is -2.31. The number of benzene rings is 2. The molecule has 3 rings (SSSR count). The Morgan fingerprint density at radius 2 is 1.73 bits per heavy atom. The van der Waals surface area contributed by atoms with Crippen molar-refractivity contribution in [1.82, 2.24) is 4.90 Å². The molecule has 2 aromatic carbocycles. The van der Waals surface area contributed by atoms with E-state index in [2.05, 4.69) is 5.32 Å². The van der Waals surface area contributed by atoms with Gasteiger partial charge in [-0.1, -0.05) is 41.9 Å². The molecule has 1 fully saturated rings. The minimum absolute atomic E-state index is 0.0448. The van der Waals surface area contributed by atoms with E-state index in [1.165, 1.54) is 6.07 Å². The lowest BCUT2D eigenvalue weighted by atomic mass is 9.95. The first-order valence-corrected chi connectivity index (χ1v) is 8.99. The first-order chi connectivity index (χ1) is 12.5. The van der Waals surface area contributed by atoms with Gasteiger partial charge in [-0.05, 0) is 36.6 Å². The van der Waals surface area contributed by atoms with E-state index < -0.39 is 0 Å². The highest BCUT2D eigenvalue weighted by Gasteiger charge is 2.27. The van der Waals surface area contributed by atoms with Crippen LogP contribution in [-0.2, 0) is 16.0 Å². The molecule has 1 aliphatic heterocycles. The third-order valence-electron chi connectivity index (χ3n) is 4.65. The van der Waals surface area contributed by atoms with Crippen LogP contribution in [0.15, 0.2) is 48.5 Å². The zero-order valence-electron chi connectivity index (χ0n) is 14.3. The highest BCUT2D eigenvalue weighted by molar-refractivity contribution is 6.33. The second-order valence-electron chi connectivity index (χ2n) is 6.39. The SMILES string of the molecule is O=C(Nc1ccccc1Cl)C1CCN(C(=O)Cc2ccccc2F)CC1. The molecule has 0 saturated carbocycles. The molecule has 0 unspecified atom stereocenters. The smallest absolute Gasteiger partial charge is 0.227 e. The molecule has 0 atom stereocenters. The second kappa shape index (κ2) is 8.32. The van der Waals surface area contributed by atoms with Crippen molar-refractivity contribution in [3.8, 4) is 0 Å². The van der Waals surface area contributed by atoms with Crippen LogP contribution >= 0.6 is 11.6 Å². The van der Waals surface area contributed by atoms with E-state index in [1.54, 1.807) is 41.3 Å². The number of nitrogens with one attached hydrogen (secondary N) is 1. The number of nitrogens with zero attached hydrogens (tertiary/aromatic N) is 1. The molecule has 1 heterocycles. The molecule has 2 aromatic rings. The van der Waals surface area contributed by atoms with E-state index in [-0.39, 0.29) is 30.0 Å². The zero-order valence-corrected chi connectivity index (χ0v) is 15.0. The molecule has 0 radical (unpaired) electrons. The van der Waals surface area contributed by atoms with E-state index in [4.69, 9.17) is 11.6 Å². The number of rotatable bonds is 4. The monoisotopic (exact) mass is 374 g/mol. The van der Waals surface area contributed by atoms with Crippen LogP contribution in [-0.4, -0.2) is 29.8 Å². The number of piperidine rings is 1. The van der Waals surface area contributed by atoms with Gasteiger partial charge < -0.3 is 10.2 Å². The minimum atomic E-state index is -0.366. The average Bonchev–Trinajstić information content (AvgIpc) is 2.65. The van der Waals surface area contributed by atoms with Crippen molar-refractivity contribution in [2.75, 3.05) is 18.4 Å². The Hall–Kier alpha value is -2.40. The van der Waals surface area contributed by atoms with E-state index in [0.717, 1.165) is 0 Å². The second-order valence-corrected chi connectivity index (χ2v) is 6.80. The summed E-state index contributed by atoms with van der Waals surface area (Å²) in [5.74, 6) is -0.724. The summed E-state index contributed by atoms with van der Waals surface area (Å²) >= 11 is 6.06.